The Morgan fingerprint density at radius 1 is 1.26 bits per heavy atom. The molecule has 2 aliphatic rings. The average Bonchev–Trinajstić information content (AvgIpc) is 3.37. The molecule has 1 saturated heterocycles. The smallest absolute Gasteiger partial charge is 0.214 e. The predicted molar refractivity (Wildman–Crippen MR) is 133 cm³/mol. The van der Waals surface area contributed by atoms with Gasteiger partial charge in [-0.15, -0.1) is 11.3 Å². The van der Waals surface area contributed by atoms with Gasteiger partial charge in [0.25, 0.3) is 0 Å². The summed E-state index contributed by atoms with van der Waals surface area (Å²) in [6.07, 6.45) is 2.40. The molecule has 1 fully saturated rings. The first-order chi connectivity index (χ1) is 16.2. The number of sulfonamides is 1. The molecule has 11 heteroatoms. The molecule has 2 aromatic heterocycles. The van der Waals surface area contributed by atoms with Gasteiger partial charge in [-0.25, -0.2) is 27.4 Å². The van der Waals surface area contributed by atoms with Crippen molar-refractivity contribution < 1.29 is 13.2 Å². The summed E-state index contributed by atoms with van der Waals surface area (Å²) in [6.45, 7) is 7.07. The fourth-order valence-corrected chi connectivity index (χ4v) is 6.26. The van der Waals surface area contributed by atoms with Gasteiger partial charge in [-0.1, -0.05) is 6.07 Å². The van der Waals surface area contributed by atoms with Gasteiger partial charge in [0.15, 0.2) is 10.8 Å². The van der Waals surface area contributed by atoms with Crippen LogP contribution in [0.5, 0.6) is 5.75 Å². The van der Waals surface area contributed by atoms with E-state index in [-0.39, 0.29) is 11.8 Å². The minimum atomic E-state index is -3.16. The van der Waals surface area contributed by atoms with E-state index >= 15 is 0 Å². The van der Waals surface area contributed by atoms with Crippen LogP contribution in [-0.2, 0) is 16.4 Å². The summed E-state index contributed by atoms with van der Waals surface area (Å²) >= 11 is 1.66. The van der Waals surface area contributed by atoms with E-state index in [2.05, 4.69) is 47.0 Å². The van der Waals surface area contributed by atoms with Crippen molar-refractivity contribution in [3.63, 3.8) is 0 Å². The Balaban J connectivity index is 1.33. The van der Waals surface area contributed by atoms with Gasteiger partial charge < -0.3 is 9.64 Å². The van der Waals surface area contributed by atoms with Gasteiger partial charge in [-0.2, -0.15) is 5.10 Å². The van der Waals surface area contributed by atoms with Gasteiger partial charge >= 0.3 is 0 Å². The molecule has 5 rings (SSSR count). The molecule has 1 aromatic carbocycles. The second kappa shape index (κ2) is 9.03. The number of rotatable bonds is 7. The summed E-state index contributed by atoms with van der Waals surface area (Å²) in [6, 6.07) is 6.62. The van der Waals surface area contributed by atoms with Gasteiger partial charge in [0, 0.05) is 62.6 Å². The van der Waals surface area contributed by atoms with Crippen molar-refractivity contribution in [3.8, 4) is 27.8 Å². The van der Waals surface area contributed by atoms with E-state index in [1.165, 1.54) is 14.7 Å². The zero-order valence-electron chi connectivity index (χ0n) is 19.9. The average molecular weight is 503 g/mol. The fraction of sp³-hybridized carbons (Fsp3) is 0.522. The van der Waals surface area contributed by atoms with Crippen LogP contribution < -0.4 is 4.74 Å². The Morgan fingerprint density at radius 3 is 2.79 bits per heavy atom. The second-order valence-corrected chi connectivity index (χ2v) is 12.7. The van der Waals surface area contributed by atoms with Crippen LogP contribution in [0.3, 0.4) is 0 Å². The first-order valence-corrected chi connectivity index (χ1v) is 13.9. The van der Waals surface area contributed by atoms with E-state index in [1.807, 2.05) is 4.68 Å². The third-order valence-corrected chi connectivity index (χ3v) is 9.37. The van der Waals surface area contributed by atoms with Gasteiger partial charge in [-0.3, -0.25) is 0 Å². The topological polar surface area (TPSA) is 93.5 Å². The molecule has 9 nitrogen and oxygen atoms in total. The maximum Gasteiger partial charge on any atom is 0.214 e. The van der Waals surface area contributed by atoms with Gasteiger partial charge in [-0.05, 0) is 31.5 Å². The molecular weight excluding hydrogens is 472 g/mol. The molecular formula is C23H30N6O3S2. The molecule has 0 unspecified atom stereocenters. The highest BCUT2D eigenvalue weighted by Crippen LogP contribution is 2.42. The van der Waals surface area contributed by atoms with Crippen LogP contribution in [0, 0.1) is 0 Å². The minimum Gasteiger partial charge on any atom is -0.492 e. The number of hydrogen-bond acceptors (Lipinski definition) is 8. The summed E-state index contributed by atoms with van der Waals surface area (Å²) in [5.74, 6) is 2.21. The van der Waals surface area contributed by atoms with Crippen LogP contribution in [0.1, 0.15) is 36.2 Å². The molecule has 0 N–H and O–H groups in total. The molecule has 0 bridgehead atoms. The molecule has 0 atom stereocenters. The van der Waals surface area contributed by atoms with E-state index in [9.17, 15) is 8.42 Å². The van der Waals surface area contributed by atoms with Gasteiger partial charge in [0.2, 0.25) is 10.0 Å². The molecule has 0 spiro atoms. The van der Waals surface area contributed by atoms with Crippen molar-refractivity contribution in [1.82, 2.24) is 29.0 Å². The summed E-state index contributed by atoms with van der Waals surface area (Å²) in [4.78, 5) is 12.8. The maximum atomic E-state index is 12.0. The lowest BCUT2D eigenvalue weighted by Gasteiger charge is -2.39. The van der Waals surface area contributed by atoms with Crippen molar-refractivity contribution in [3.05, 3.63) is 35.0 Å². The van der Waals surface area contributed by atoms with E-state index in [4.69, 9.17) is 9.72 Å². The normalized spacial score (nSPS) is 16.8. The van der Waals surface area contributed by atoms with Crippen molar-refractivity contribution in [2.24, 2.45) is 0 Å². The van der Waals surface area contributed by atoms with Crippen LogP contribution in [0.25, 0.3) is 22.1 Å². The lowest BCUT2D eigenvalue weighted by molar-refractivity contribution is 0.157. The van der Waals surface area contributed by atoms with Gasteiger partial charge in [0.1, 0.15) is 12.1 Å². The third-order valence-electron chi connectivity index (χ3n) is 6.45. The summed E-state index contributed by atoms with van der Waals surface area (Å²) < 4.78 is 33.4. The standard InChI is InChI=1S/C23H30N6O3S2/c1-15(2)29-22(24-14-25-29)23-26-21-18-6-5-16(11-19(18)32-9-7-20(21)33-23)17-12-28(13-17)8-10-34(30,31)27(3)4/h5-6,11,14-15,17H,7-10,12-13H2,1-4H3. The highest BCUT2D eigenvalue weighted by Gasteiger charge is 2.31. The summed E-state index contributed by atoms with van der Waals surface area (Å²) in [5.41, 5.74) is 3.22. The second-order valence-electron chi connectivity index (χ2n) is 9.32. The maximum absolute atomic E-state index is 12.0. The number of nitrogens with zero attached hydrogens (tertiary/aromatic N) is 6. The Morgan fingerprint density at radius 2 is 2.06 bits per heavy atom. The number of benzene rings is 1. The molecule has 182 valence electrons. The van der Waals surface area contributed by atoms with E-state index < -0.39 is 10.0 Å². The van der Waals surface area contributed by atoms with E-state index in [0.717, 1.165) is 47.3 Å². The van der Waals surface area contributed by atoms with Crippen molar-refractivity contribution >= 4 is 21.4 Å². The van der Waals surface area contributed by atoms with Crippen LogP contribution in [0.15, 0.2) is 24.5 Å². The SMILES string of the molecule is CC(C)n1ncnc1-c1nc2c(s1)CCOc1cc(C3CN(CCS(=O)(=O)N(C)C)C3)ccc1-2. The summed E-state index contributed by atoms with van der Waals surface area (Å²) in [5, 5.41) is 5.24. The number of hydrogen-bond donors (Lipinski definition) is 0. The van der Waals surface area contributed by atoms with Crippen LogP contribution in [-0.4, -0.2) is 83.5 Å². The molecule has 3 aromatic rings. The van der Waals surface area contributed by atoms with E-state index in [0.29, 0.717) is 19.1 Å². The highest BCUT2D eigenvalue weighted by atomic mass is 32.2. The lowest BCUT2D eigenvalue weighted by Crippen LogP contribution is -2.47. The first kappa shape index (κ1) is 23.4. The van der Waals surface area contributed by atoms with E-state index in [1.54, 1.807) is 31.8 Å². The number of fused-ring (bicyclic) bond motifs is 3. The number of likely N-dealkylation sites (tertiary alicyclic amines) is 1. The molecule has 2 aliphatic heterocycles. The third kappa shape index (κ3) is 4.37. The largest absolute Gasteiger partial charge is 0.492 e. The Hall–Kier alpha value is -2.34. The van der Waals surface area contributed by atoms with Crippen molar-refractivity contribution in [1.29, 1.82) is 0 Å². The minimum absolute atomic E-state index is 0.152. The van der Waals surface area contributed by atoms with Crippen LogP contribution in [0.4, 0.5) is 0 Å². The molecule has 0 amide bonds. The first-order valence-electron chi connectivity index (χ1n) is 11.5. The Kier molecular flexibility index (Phi) is 6.21. The zero-order chi connectivity index (χ0) is 24.0. The lowest BCUT2D eigenvalue weighted by atomic mass is 9.90. The predicted octanol–water partition coefficient (Wildman–Crippen LogP) is 2.88. The van der Waals surface area contributed by atoms with Crippen LogP contribution in [0.2, 0.25) is 0 Å². The Bertz CT molecular complexity index is 1290. The zero-order valence-corrected chi connectivity index (χ0v) is 21.6. The molecule has 0 saturated carbocycles. The molecule has 0 aliphatic carbocycles. The molecule has 0 radical (unpaired) electrons. The number of aromatic nitrogens is 4. The summed E-state index contributed by atoms with van der Waals surface area (Å²) in [7, 11) is -0.00364. The van der Waals surface area contributed by atoms with Crippen molar-refractivity contribution in [2.45, 2.75) is 32.2 Å². The number of ether oxygens (including phenoxy) is 1. The number of thiazole rings is 1. The molecule has 34 heavy (non-hydrogen) atoms. The van der Waals surface area contributed by atoms with Gasteiger partial charge in [0.05, 0.1) is 18.1 Å². The fourth-order valence-electron chi connectivity index (χ4n) is 4.36. The Labute approximate surface area is 204 Å². The van der Waals surface area contributed by atoms with Crippen molar-refractivity contribution in [2.75, 3.05) is 46.1 Å². The highest BCUT2D eigenvalue weighted by molar-refractivity contribution is 7.89. The monoisotopic (exact) mass is 502 g/mol. The molecule has 4 heterocycles. The quantitative estimate of drug-likeness (QED) is 0.490. The van der Waals surface area contributed by atoms with Crippen LogP contribution >= 0.6 is 11.3 Å².